The Morgan fingerprint density at radius 2 is 2.18 bits per heavy atom. The Morgan fingerprint density at radius 3 is 2.65 bits per heavy atom. The second-order valence-corrected chi connectivity index (χ2v) is 4.86. The molecule has 1 heterocycles. The van der Waals surface area contributed by atoms with Crippen molar-refractivity contribution in [3.8, 4) is 0 Å². The van der Waals surface area contributed by atoms with Crippen LogP contribution in [0.25, 0.3) is 0 Å². The zero-order chi connectivity index (χ0) is 12.7. The van der Waals surface area contributed by atoms with Gasteiger partial charge in [-0.2, -0.15) is 0 Å². The molecule has 0 bridgehead atoms. The Morgan fingerprint density at radius 1 is 1.41 bits per heavy atom. The molecule has 1 aliphatic heterocycles. The van der Waals surface area contributed by atoms with Gasteiger partial charge in [0.1, 0.15) is 6.23 Å². The third-order valence-electron chi connectivity index (χ3n) is 3.11. The van der Waals surface area contributed by atoms with Gasteiger partial charge in [-0.05, 0) is 39.0 Å². The minimum atomic E-state index is 0.262. The smallest absolute Gasteiger partial charge is 0.130 e. The van der Waals surface area contributed by atoms with E-state index in [1.54, 1.807) is 0 Å². The number of hydrogen-bond donors (Lipinski definition) is 0. The van der Waals surface area contributed by atoms with E-state index in [2.05, 4.69) is 38.3 Å². The molecule has 0 saturated carbocycles. The Labute approximate surface area is 106 Å². The molecule has 0 aromatic rings. The summed E-state index contributed by atoms with van der Waals surface area (Å²) in [7, 11) is 0. The third kappa shape index (κ3) is 4.55. The zero-order valence-corrected chi connectivity index (χ0v) is 11.7. The fourth-order valence-electron chi connectivity index (χ4n) is 2.35. The monoisotopic (exact) mass is 237 g/mol. The summed E-state index contributed by atoms with van der Waals surface area (Å²) in [5.41, 5.74) is 2.61. The molecule has 1 atom stereocenters. The molecule has 0 radical (unpaired) electrons. The van der Waals surface area contributed by atoms with E-state index in [1.807, 2.05) is 0 Å². The first-order valence-electron chi connectivity index (χ1n) is 6.90. The Balaban J connectivity index is 2.76. The van der Waals surface area contributed by atoms with Crippen LogP contribution in [-0.2, 0) is 4.74 Å². The van der Waals surface area contributed by atoms with E-state index in [-0.39, 0.29) is 6.23 Å². The maximum atomic E-state index is 5.91. The van der Waals surface area contributed by atoms with Crippen LogP contribution in [0, 0.1) is 0 Å². The number of rotatable bonds is 6. The van der Waals surface area contributed by atoms with E-state index in [0.717, 1.165) is 32.4 Å². The molecule has 2 heteroatoms. The molecular weight excluding hydrogens is 210 g/mol. The molecule has 0 aliphatic carbocycles. The number of allylic oxidation sites excluding steroid dienone is 2. The largest absolute Gasteiger partial charge is 0.358 e. The first-order valence-corrected chi connectivity index (χ1v) is 6.90. The summed E-state index contributed by atoms with van der Waals surface area (Å²) in [6, 6.07) is 0. The molecule has 1 unspecified atom stereocenters. The van der Waals surface area contributed by atoms with Crippen LogP contribution in [0.3, 0.4) is 0 Å². The molecule has 0 spiro atoms. The lowest BCUT2D eigenvalue weighted by Gasteiger charge is -2.37. The first-order chi connectivity index (χ1) is 8.19. The zero-order valence-electron chi connectivity index (χ0n) is 11.7. The molecule has 0 aromatic heterocycles. The highest BCUT2D eigenvalue weighted by Crippen LogP contribution is 2.23. The summed E-state index contributed by atoms with van der Waals surface area (Å²) < 4.78 is 5.91. The van der Waals surface area contributed by atoms with Crippen molar-refractivity contribution < 1.29 is 4.74 Å². The Bertz CT molecular complexity index is 264. The first kappa shape index (κ1) is 14.3. The van der Waals surface area contributed by atoms with Crippen LogP contribution in [0.4, 0.5) is 0 Å². The molecule has 0 N–H and O–H groups in total. The van der Waals surface area contributed by atoms with Crippen LogP contribution >= 0.6 is 0 Å². The van der Waals surface area contributed by atoms with Crippen molar-refractivity contribution >= 4 is 0 Å². The molecule has 17 heavy (non-hydrogen) atoms. The second-order valence-electron chi connectivity index (χ2n) is 4.86. The van der Waals surface area contributed by atoms with Crippen molar-refractivity contribution in [2.24, 2.45) is 0 Å². The van der Waals surface area contributed by atoms with Gasteiger partial charge in [0.2, 0.25) is 0 Å². The van der Waals surface area contributed by atoms with Gasteiger partial charge in [-0.3, -0.25) is 0 Å². The molecule has 1 rings (SSSR count). The summed E-state index contributed by atoms with van der Waals surface area (Å²) in [6.45, 7) is 12.4. The quantitative estimate of drug-likeness (QED) is 0.645. The van der Waals surface area contributed by atoms with Crippen LogP contribution in [0.1, 0.15) is 52.9 Å². The lowest BCUT2D eigenvalue weighted by atomic mass is 10.1. The van der Waals surface area contributed by atoms with E-state index >= 15 is 0 Å². The second kappa shape index (κ2) is 7.54. The summed E-state index contributed by atoms with van der Waals surface area (Å²) in [5, 5.41) is 0. The molecule has 1 aliphatic rings. The van der Waals surface area contributed by atoms with Gasteiger partial charge in [0, 0.05) is 18.8 Å². The van der Waals surface area contributed by atoms with Crippen LogP contribution in [0.2, 0.25) is 0 Å². The van der Waals surface area contributed by atoms with Gasteiger partial charge in [-0.1, -0.05) is 32.1 Å². The maximum Gasteiger partial charge on any atom is 0.130 e. The van der Waals surface area contributed by atoms with Gasteiger partial charge >= 0.3 is 0 Å². The Kier molecular flexibility index (Phi) is 6.35. The number of nitrogens with zero attached hydrogens (tertiary/aromatic N) is 1. The molecular formula is C15H27NO. The lowest BCUT2D eigenvalue weighted by molar-refractivity contribution is -0.0688. The average Bonchev–Trinajstić information content (AvgIpc) is 2.34. The SMILES string of the molecule is C=C(C)CN(/C(=C/CC)CC)C1CCCCO1. The molecule has 1 fully saturated rings. The highest BCUT2D eigenvalue weighted by Gasteiger charge is 2.22. The topological polar surface area (TPSA) is 12.5 Å². The van der Waals surface area contributed by atoms with E-state index in [1.165, 1.54) is 24.1 Å². The maximum absolute atomic E-state index is 5.91. The van der Waals surface area contributed by atoms with E-state index < -0.39 is 0 Å². The van der Waals surface area contributed by atoms with Gasteiger partial charge in [0.05, 0.1) is 0 Å². The predicted molar refractivity (Wildman–Crippen MR) is 73.8 cm³/mol. The predicted octanol–water partition coefficient (Wildman–Crippen LogP) is 4.10. The van der Waals surface area contributed by atoms with Crippen LogP contribution in [0.5, 0.6) is 0 Å². The van der Waals surface area contributed by atoms with Crippen molar-refractivity contribution in [1.29, 1.82) is 0 Å². The van der Waals surface area contributed by atoms with Gasteiger partial charge in [-0.15, -0.1) is 0 Å². The summed E-state index contributed by atoms with van der Waals surface area (Å²) in [4.78, 5) is 2.41. The fraction of sp³-hybridized carbons (Fsp3) is 0.733. The van der Waals surface area contributed by atoms with Crippen molar-refractivity contribution in [3.05, 3.63) is 23.9 Å². The Hall–Kier alpha value is -0.760. The summed E-state index contributed by atoms with van der Waals surface area (Å²) in [6.07, 6.45) is 8.37. The minimum absolute atomic E-state index is 0.262. The van der Waals surface area contributed by atoms with E-state index in [4.69, 9.17) is 4.74 Å². The highest BCUT2D eigenvalue weighted by molar-refractivity contribution is 5.06. The summed E-state index contributed by atoms with van der Waals surface area (Å²) in [5.74, 6) is 0. The van der Waals surface area contributed by atoms with Crippen LogP contribution in [0.15, 0.2) is 23.9 Å². The third-order valence-corrected chi connectivity index (χ3v) is 3.11. The van der Waals surface area contributed by atoms with Crippen LogP contribution < -0.4 is 0 Å². The highest BCUT2D eigenvalue weighted by atomic mass is 16.5. The molecule has 0 amide bonds. The van der Waals surface area contributed by atoms with Crippen molar-refractivity contribution in [3.63, 3.8) is 0 Å². The molecule has 98 valence electrons. The molecule has 1 saturated heterocycles. The van der Waals surface area contributed by atoms with Gasteiger partial charge in [-0.25, -0.2) is 0 Å². The van der Waals surface area contributed by atoms with Gasteiger partial charge < -0.3 is 9.64 Å². The fourth-order valence-corrected chi connectivity index (χ4v) is 2.35. The van der Waals surface area contributed by atoms with Crippen molar-refractivity contribution in [2.75, 3.05) is 13.2 Å². The summed E-state index contributed by atoms with van der Waals surface area (Å²) >= 11 is 0. The van der Waals surface area contributed by atoms with E-state index in [0.29, 0.717) is 0 Å². The number of ether oxygens (including phenoxy) is 1. The van der Waals surface area contributed by atoms with E-state index in [9.17, 15) is 0 Å². The van der Waals surface area contributed by atoms with Crippen molar-refractivity contribution in [1.82, 2.24) is 4.90 Å². The number of hydrogen-bond acceptors (Lipinski definition) is 2. The van der Waals surface area contributed by atoms with Gasteiger partial charge in [0.25, 0.3) is 0 Å². The molecule has 0 aromatic carbocycles. The normalized spacial score (nSPS) is 21.4. The van der Waals surface area contributed by atoms with Crippen molar-refractivity contribution in [2.45, 2.75) is 59.1 Å². The standard InChI is InChI=1S/C15H27NO/c1-5-9-14(6-2)16(12-13(3)4)15-10-7-8-11-17-15/h9,15H,3,5-8,10-12H2,1-2,4H3/b14-9+. The molecule has 2 nitrogen and oxygen atoms in total. The van der Waals surface area contributed by atoms with Gasteiger partial charge in [0.15, 0.2) is 0 Å². The lowest BCUT2D eigenvalue weighted by Crippen LogP contribution is -2.39. The minimum Gasteiger partial charge on any atom is -0.358 e. The average molecular weight is 237 g/mol. The van der Waals surface area contributed by atoms with Crippen LogP contribution in [-0.4, -0.2) is 24.3 Å².